The Balaban J connectivity index is 2.44. The zero-order valence-corrected chi connectivity index (χ0v) is 7.50. The molecule has 4 heteroatoms. The summed E-state index contributed by atoms with van der Waals surface area (Å²) in [6.07, 6.45) is 0.794. The van der Waals surface area contributed by atoms with Gasteiger partial charge in [-0.2, -0.15) is 5.10 Å². The first kappa shape index (κ1) is 7.55. The van der Waals surface area contributed by atoms with Crippen molar-refractivity contribution in [2.75, 3.05) is 6.54 Å². The number of aromatic nitrogens is 2. The van der Waals surface area contributed by atoms with Gasteiger partial charge in [0.25, 0.3) is 5.91 Å². The molecular formula is C10H9N3O. The van der Waals surface area contributed by atoms with Gasteiger partial charge in [0, 0.05) is 18.4 Å². The fraction of sp³-hybridized carbons (Fsp3) is 0.200. The molecule has 3 rings (SSSR count). The van der Waals surface area contributed by atoms with Crippen molar-refractivity contribution in [3.8, 4) is 0 Å². The van der Waals surface area contributed by atoms with Crippen LogP contribution in [0.4, 0.5) is 0 Å². The summed E-state index contributed by atoms with van der Waals surface area (Å²) in [5.41, 5.74) is 2.65. The molecule has 1 aromatic carbocycles. The van der Waals surface area contributed by atoms with Gasteiger partial charge >= 0.3 is 0 Å². The average molecular weight is 187 g/mol. The van der Waals surface area contributed by atoms with Crippen molar-refractivity contribution in [2.45, 2.75) is 6.42 Å². The Labute approximate surface area is 80.3 Å². The lowest BCUT2D eigenvalue weighted by molar-refractivity contribution is 0.0957. The van der Waals surface area contributed by atoms with Crippen molar-refractivity contribution >= 4 is 16.8 Å². The van der Waals surface area contributed by atoms with Crippen LogP contribution in [0.5, 0.6) is 0 Å². The Bertz CT molecular complexity index is 515. The van der Waals surface area contributed by atoms with Gasteiger partial charge in [-0.3, -0.25) is 9.89 Å². The van der Waals surface area contributed by atoms with Crippen LogP contribution in [0, 0.1) is 0 Å². The third-order valence-electron chi connectivity index (χ3n) is 2.56. The molecule has 1 amide bonds. The molecule has 2 N–H and O–H groups in total. The van der Waals surface area contributed by atoms with E-state index in [4.69, 9.17) is 0 Å². The van der Waals surface area contributed by atoms with Gasteiger partial charge in [0.1, 0.15) is 0 Å². The number of carbonyl (C=O) groups is 1. The number of carbonyl (C=O) groups excluding carboxylic acids is 1. The summed E-state index contributed by atoms with van der Waals surface area (Å²) < 4.78 is 0. The Hall–Kier alpha value is -1.84. The smallest absolute Gasteiger partial charge is 0.252 e. The second kappa shape index (κ2) is 2.57. The normalized spacial score (nSPS) is 15.3. The van der Waals surface area contributed by atoms with Crippen LogP contribution in [0.2, 0.25) is 0 Å². The molecule has 2 aromatic rings. The monoisotopic (exact) mass is 187 g/mol. The van der Waals surface area contributed by atoms with Crippen LogP contribution in [-0.2, 0) is 6.42 Å². The quantitative estimate of drug-likeness (QED) is 0.642. The van der Waals surface area contributed by atoms with Gasteiger partial charge in [0.05, 0.1) is 16.8 Å². The van der Waals surface area contributed by atoms with E-state index < -0.39 is 0 Å². The topological polar surface area (TPSA) is 57.8 Å². The number of nitrogens with one attached hydrogen (secondary N) is 2. The molecule has 0 radical (unpaired) electrons. The van der Waals surface area contributed by atoms with Crippen LogP contribution in [0.15, 0.2) is 18.2 Å². The first-order valence-corrected chi connectivity index (χ1v) is 4.60. The molecular weight excluding hydrogens is 178 g/mol. The number of nitrogens with zero attached hydrogens (tertiary/aromatic N) is 1. The summed E-state index contributed by atoms with van der Waals surface area (Å²) in [5, 5.41) is 11.0. The molecule has 2 heterocycles. The molecule has 1 aliphatic rings. The second-order valence-electron chi connectivity index (χ2n) is 3.40. The molecule has 14 heavy (non-hydrogen) atoms. The van der Waals surface area contributed by atoms with E-state index in [9.17, 15) is 4.79 Å². The van der Waals surface area contributed by atoms with Gasteiger partial charge in [-0.15, -0.1) is 0 Å². The van der Waals surface area contributed by atoms with Crippen molar-refractivity contribution in [1.82, 2.24) is 15.5 Å². The lowest BCUT2D eigenvalue weighted by Crippen LogP contribution is -2.23. The highest BCUT2D eigenvalue weighted by Gasteiger charge is 2.18. The molecule has 0 atom stereocenters. The van der Waals surface area contributed by atoms with Gasteiger partial charge in [-0.05, 0) is 12.1 Å². The van der Waals surface area contributed by atoms with Crippen molar-refractivity contribution in [3.63, 3.8) is 0 Å². The summed E-state index contributed by atoms with van der Waals surface area (Å²) >= 11 is 0. The van der Waals surface area contributed by atoms with Crippen LogP contribution < -0.4 is 5.32 Å². The van der Waals surface area contributed by atoms with Crippen LogP contribution in [-0.4, -0.2) is 22.6 Å². The van der Waals surface area contributed by atoms with Crippen molar-refractivity contribution < 1.29 is 4.79 Å². The van der Waals surface area contributed by atoms with Gasteiger partial charge in [0.2, 0.25) is 0 Å². The molecule has 0 bridgehead atoms. The molecule has 4 nitrogen and oxygen atoms in total. The molecule has 0 aliphatic carbocycles. The third-order valence-corrected chi connectivity index (χ3v) is 2.56. The number of H-pyrrole nitrogens is 1. The Kier molecular flexibility index (Phi) is 1.39. The Morgan fingerprint density at radius 1 is 1.36 bits per heavy atom. The van der Waals surface area contributed by atoms with Crippen LogP contribution in [0.25, 0.3) is 10.9 Å². The lowest BCUT2D eigenvalue weighted by Gasteiger charge is -1.99. The maximum Gasteiger partial charge on any atom is 0.252 e. The molecule has 1 aliphatic heterocycles. The highest BCUT2D eigenvalue weighted by molar-refractivity contribution is 6.07. The number of hydrogen-bond donors (Lipinski definition) is 2. The van der Waals surface area contributed by atoms with E-state index in [2.05, 4.69) is 15.5 Å². The van der Waals surface area contributed by atoms with E-state index in [-0.39, 0.29) is 5.91 Å². The summed E-state index contributed by atoms with van der Waals surface area (Å²) in [6, 6.07) is 5.64. The molecule has 0 unspecified atom stereocenters. The predicted molar refractivity (Wildman–Crippen MR) is 52.1 cm³/mol. The van der Waals surface area contributed by atoms with E-state index in [1.54, 1.807) is 0 Å². The molecule has 0 fully saturated rings. The fourth-order valence-corrected chi connectivity index (χ4v) is 1.90. The summed E-state index contributed by atoms with van der Waals surface area (Å²) in [7, 11) is 0. The highest BCUT2D eigenvalue weighted by atomic mass is 16.1. The standard InChI is InChI=1S/C10H9N3O/c14-10-6-2-1-3-7-9(6)8(13-12-7)4-5-11-10/h1-3H,4-5H2,(H,11,14)(H,12,13). The number of aromatic amines is 1. The largest absolute Gasteiger partial charge is 0.352 e. The molecule has 70 valence electrons. The number of benzene rings is 1. The van der Waals surface area contributed by atoms with E-state index in [1.807, 2.05) is 18.2 Å². The molecule has 0 saturated heterocycles. The molecule has 0 saturated carbocycles. The minimum absolute atomic E-state index is 0.00394. The Morgan fingerprint density at radius 3 is 3.21 bits per heavy atom. The SMILES string of the molecule is O=C1NCCc2n[nH]c3cccc1c23. The van der Waals surface area contributed by atoms with Gasteiger partial charge in [-0.1, -0.05) is 6.07 Å². The number of hydrogen-bond acceptors (Lipinski definition) is 2. The van der Waals surface area contributed by atoms with Crippen LogP contribution in [0.1, 0.15) is 16.1 Å². The lowest BCUT2D eigenvalue weighted by atomic mass is 10.1. The zero-order chi connectivity index (χ0) is 9.54. The first-order valence-electron chi connectivity index (χ1n) is 4.60. The first-order chi connectivity index (χ1) is 6.86. The van der Waals surface area contributed by atoms with Gasteiger partial charge in [-0.25, -0.2) is 0 Å². The van der Waals surface area contributed by atoms with Gasteiger partial charge in [0.15, 0.2) is 0 Å². The summed E-state index contributed by atoms with van der Waals surface area (Å²) in [5.74, 6) is -0.00394. The maximum atomic E-state index is 11.6. The summed E-state index contributed by atoms with van der Waals surface area (Å²) in [6.45, 7) is 0.660. The van der Waals surface area contributed by atoms with E-state index in [0.29, 0.717) is 6.54 Å². The third kappa shape index (κ3) is 0.878. The number of amides is 1. The predicted octanol–water partition coefficient (Wildman–Crippen LogP) is 0.849. The fourth-order valence-electron chi connectivity index (χ4n) is 1.90. The summed E-state index contributed by atoms with van der Waals surface area (Å²) in [4.78, 5) is 11.6. The molecule has 1 aromatic heterocycles. The van der Waals surface area contributed by atoms with E-state index >= 15 is 0 Å². The minimum atomic E-state index is -0.00394. The Morgan fingerprint density at radius 2 is 2.29 bits per heavy atom. The maximum absolute atomic E-state index is 11.6. The van der Waals surface area contributed by atoms with Crippen molar-refractivity contribution in [1.29, 1.82) is 0 Å². The van der Waals surface area contributed by atoms with Crippen molar-refractivity contribution in [2.24, 2.45) is 0 Å². The van der Waals surface area contributed by atoms with Crippen molar-refractivity contribution in [3.05, 3.63) is 29.5 Å². The molecule has 0 spiro atoms. The minimum Gasteiger partial charge on any atom is -0.352 e. The van der Waals surface area contributed by atoms with Crippen LogP contribution in [0.3, 0.4) is 0 Å². The zero-order valence-electron chi connectivity index (χ0n) is 7.50. The van der Waals surface area contributed by atoms with Gasteiger partial charge < -0.3 is 5.32 Å². The highest BCUT2D eigenvalue weighted by Crippen LogP contribution is 2.22. The van der Waals surface area contributed by atoms with E-state index in [0.717, 1.165) is 28.6 Å². The number of rotatable bonds is 0. The average Bonchev–Trinajstić information content (AvgIpc) is 2.53. The second-order valence-corrected chi connectivity index (χ2v) is 3.40. The van der Waals surface area contributed by atoms with E-state index in [1.165, 1.54) is 0 Å². The van der Waals surface area contributed by atoms with Crippen LogP contribution >= 0.6 is 0 Å².